The summed E-state index contributed by atoms with van der Waals surface area (Å²) < 4.78 is 31.8. The third-order valence-corrected chi connectivity index (χ3v) is 12.2. The third-order valence-electron chi connectivity index (χ3n) is 12.2. The molecule has 0 bridgehead atoms. The SMILES string of the molecule is C[C@H](NC(=O)Cc1ccncc1)C(=O)N[C@H](CO)C(=O)N[C@@H](CC(N)=O)C(=O)N[C@@H](CCN(C(=O)CO)[C@@H](c1cc(-c2cc(F)ccc2F)cn1Cc1ccccc1)C(C)(C)C)C(=O)NCCNC(=O)CN1C(=O)C=CC1=O. The number of hydrogen-bond donors (Lipinski definition) is 9. The molecule has 0 saturated heterocycles. The van der Waals surface area contributed by atoms with E-state index >= 15 is 4.39 Å². The van der Waals surface area contributed by atoms with Crippen molar-refractivity contribution in [1.82, 2.24) is 51.3 Å². The first-order valence-corrected chi connectivity index (χ1v) is 24.7. The van der Waals surface area contributed by atoms with Crippen LogP contribution in [-0.2, 0) is 60.9 Å². The van der Waals surface area contributed by atoms with E-state index in [1.165, 1.54) is 24.2 Å². The molecule has 3 heterocycles. The Hall–Kier alpha value is -8.71. The van der Waals surface area contributed by atoms with Crippen LogP contribution < -0.4 is 37.6 Å². The zero-order chi connectivity index (χ0) is 57.3. The first-order valence-electron chi connectivity index (χ1n) is 24.7. The Bertz CT molecular complexity index is 2860. The molecule has 4 aromatic rings. The number of nitrogens with one attached hydrogen (secondary N) is 6. The number of rotatable bonds is 27. The second kappa shape index (κ2) is 27.9. The van der Waals surface area contributed by atoms with Crippen LogP contribution >= 0.6 is 0 Å². The van der Waals surface area contributed by atoms with Crippen LogP contribution in [0.15, 0.2) is 97.5 Å². The highest BCUT2D eigenvalue weighted by molar-refractivity contribution is 6.14. The Morgan fingerprint density at radius 1 is 0.744 bits per heavy atom. The number of carbonyl (C=O) groups is 10. The minimum Gasteiger partial charge on any atom is -0.394 e. The largest absolute Gasteiger partial charge is 0.394 e. The Morgan fingerprint density at radius 2 is 1.37 bits per heavy atom. The van der Waals surface area contributed by atoms with Crippen LogP contribution in [0.1, 0.15) is 63.4 Å². The summed E-state index contributed by atoms with van der Waals surface area (Å²) in [7, 11) is 0. The van der Waals surface area contributed by atoms with Gasteiger partial charge in [0.15, 0.2) is 0 Å². The van der Waals surface area contributed by atoms with Gasteiger partial charge in [0.1, 0.15) is 49.0 Å². The average molecular weight is 1080 g/mol. The first-order chi connectivity index (χ1) is 37.0. The molecule has 23 nitrogen and oxygen atoms in total. The van der Waals surface area contributed by atoms with Crippen molar-refractivity contribution < 1.29 is 66.9 Å². The second-order valence-electron chi connectivity index (χ2n) is 19.3. The van der Waals surface area contributed by atoms with Gasteiger partial charge in [0, 0.05) is 73.7 Å². The second-order valence-corrected chi connectivity index (χ2v) is 19.3. The monoisotopic (exact) mass is 1080 g/mol. The van der Waals surface area contributed by atoms with Gasteiger partial charge in [-0.3, -0.25) is 57.8 Å². The number of halogens is 2. The standard InChI is InChI=1S/C53H63F2N11O12/c1-31(60-43(70)22-32-14-17-57-18-15-32)49(75)63-40(29-67)52(78)62-39(25-42(56)69)51(77)61-38(50(76)59-20-19-58-44(71)28-66-45(72)12-13-46(66)73)16-21-65(47(74)30-68)48(53(2,3)4)41-23-34(36-24-35(54)10-11-37(36)55)27-64(41)26-33-8-6-5-7-9-33/h5-15,17-18,23-24,27,31,38-40,48,67-68H,16,19-22,25-26,28-30H2,1-4H3,(H2,56,69)(H,58,71)(H,59,76)(H,60,70)(H,61,77)(H,62,78)(H,63,75)/t31-,38-,39-,40+,48-/m0/s1. The number of amides is 10. The maximum atomic E-state index is 15.4. The Morgan fingerprint density at radius 3 is 2.00 bits per heavy atom. The lowest BCUT2D eigenvalue weighted by molar-refractivity contribution is -0.141. The number of hydrogen-bond acceptors (Lipinski definition) is 13. The van der Waals surface area contributed by atoms with Gasteiger partial charge in [0.05, 0.1) is 25.5 Å². The predicted octanol–water partition coefficient (Wildman–Crippen LogP) is -0.598. The van der Waals surface area contributed by atoms with Gasteiger partial charge in [-0.2, -0.15) is 0 Å². The minimum atomic E-state index is -1.86. The van der Waals surface area contributed by atoms with Gasteiger partial charge in [0.2, 0.25) is 47.3 Å². The quantitative estimate of drug-likeness (QED) is 0.0267. The van der Waals surface area contributed by atoms with Crippen molar-refractivity contribution in [2.45, 2.75) is 83.7 Å². The van der Waals surface area contributed by atoms with Crippen molar-refractivity contribution in [1.29, 1.82) is 0 Å². The molecule has 0 saturated carbocycles. The molecule has 10 N–H and O–H groups in total. The fourth-order valence-corrected chi connectivity index (χ4v) is 8.42. The molecule has 0 spiro atoms. The van der Waals surface area contributed by atoms with E-state index < -0.39 is 145 Å². The number of primary amides is 1. The molecular formula is C53H63F2N11O12. The summed E-state index contributed by atoms with van der Waals surface area (Å²) in [6, 6.07) is 9.33. The summed E-state index contributed by atoms with van der Waals surface area (Å²) in [6.45, 7) is 3.17. The molecule has 1 aliphatic heterocycles. The van der Waals surface area contributed by atoms with Crippen LogP contribution in [0, 0.1) is 17.0 Å². The van der Waals surface area contributed by atoms with E-state index in [4.69, 9.17) is 5.73 Å². The van der Waals surface area contributed by atoms with Gasteiger partial charge >= 0.3 is 0 Å². The summed E-state index contributed by atoms with van der Waals surface area (Å²) in [5, 5.41) is 35.1. The van der Waals surface area contributed by atoms with Crippen LogP contribution in [0.25, 0.3) is 11.1 Å². The lowest BCUT2D eigenvalue weighted by Crippen LogP contribution is -2.59. The maximum Gasteiger partial charge on any atom is 0.254 e. The fraction of sp³-hybridized carbons (Fsp3) is 0.377. The zero-order valence-corrected chi connectivity index (χ0v) is 43.3. The van der Waals surface area contributed by atoms with Crippen molar-refractivity contribution in [2.24, 2.45) is 11.1 Å². The summed E-state index contributed by atoms with van der Waals surface area (Å²) >= 11 is 0. The fourth-order valence-electron chi connectivity index (χ4n) is 8.42. The van der Waals surface area contributed by atoms with E-state index in [-0.39, 0.29) is 37.2 Å². The zero-order valence-electron chi connectivity index (χ0n) is 43.3. The predicted molar refractivity (Wildman–Crippen MR) is 275 cm³/mol. The molecule has 0 aliphatic carbocycles. The smallest absolute Gasteiger partial charge is 0.254 e. The van der Waals surface area contributed by atoms with Gasteiger partial charge in [-0.05, 0) is 66.3 Å². The van der Waals surface area contributed by atoms with Crippen molar-refractivity contribution in [3.63, 3.8) is 0 Å². The average Bonchev–Trinajstić information content (AvgIpc) is 4.00. The van der Waals surface area contributed by atoms with Gasteiger partial charge in [-0.25, -0.2) is 8.78 Å². The molecule has 416 valence electrons. The van der Waals surface area contributed by atoms with Crippen LogP contribution in [0.3, 0.4) is 0 Å². The van der Waals surface area contributed by atoms with E-state index in [0.717, 1.165) is 35.9 Å². The molecule has 1 aliphatic rings. The van der Waals surface area contributed by atoms with E-state index in [0.29, 0.717) is 16.2 Å². The van der Waals surface area contributed by atoms with E-state index in [1.807, 2.05) is 18.2 Å². The normalized spacial score (nSPS) is 14.1. The number of aliphatic hydroxyl groups is 2. The third kappa shape index (κ3) is 17.2. The minimum absolute atomic E-state index is 0.0809. The van der Waals surface area contributed by atoms with Crippen molar-refractivity contribution in [2.75, 3.05) is 39.4 Å². The highest BCUT2D eigenvalue weighted by atomic mass is 19.1. The molecule has 5 atom stereocenters. The van der Waals surface area contributed by atoms with E-state index in [2.05, 4.69) is 36.9 Å². The Labute approximate surface area is 447 Å². The molecule has 2 aromatic heterocycles. The van der Waals surface area contributed by atoms with Gasteiger partial charge in [-0.15, -0.1) is 0 Å². The Kier molecular flexibility index (Phi) is 21.5. The topological polar surface area (TPSA) is 334 Å². The highest BCUT2D eigenvalue weighted by Gasteiger charge is 2.39. The van der Waals surface area contributed by atoms with E-state index in [1.54, 1.807) is 61.9 Å². The molecule has 78 heavy (non-hydrogen) atoms. The molecule has 10 amide bonds. The molecule has 0 unspecified atom stereocenters. The molecule has 5 rings (SSSR count). The van der Waals surface area contributed by atoms with Crippen molar-refractivity contribution in [3.8, 4) is 11.1 Å². The molecule has 0 radical (unpaired) electrons. The highest BCUT2D eigenvalue weighted by Crippen LogP contribution is 2.41. The number of imide groups is 1. The van der Waals surface area contributed by atoms with Crippen LogP contribution in [0.5, 0.6) is 0 Å². The summed E-state index contributed by atoms with van der Waals surface area (Å²) in [5.74, 6) is -10.3. The summed E-state index contributed by atoms with van der Waals surface area (Å²) in [4.78, 5) is 137. The number of aromatic nitrogens is 2. The number of carbonyl (C=O) groups excluding carboxylic acids is 10. The summed E-state index contributed by atoms with van der Waals surface area (Å²) in [6.07, 6.45) is 5.11. The van der Waals surface area contributed by atoms with E-state index in [9.17, 15) is 62.5 Å². The first kappa shape index (κ1) is 60.2. The Balaban J connectivity index is 1.42. The van der Waals surface area contributed by atoms with Crippen LogP contribution in [-0.4, -0.2) is 152 Å². The lowest BCUT2D eigenvalue weighted by Gasteiger charge is -2.41. The van der Waals surface area contributed by atoms with Crippen LogP contribution in [0.2, 0.25) is 0 Å². The van der Waals surface area contributed by atoms with Gasteiger partial charge < -0.3 is 57.3 Å². The van der Waals surface area contributed by atoms with Crippen LogP contribution in [0.4, 0.5) is 8.78 Å². The molecule has 0 fully saturated rings. The number of benzene rings is 2. The number of pyridine rings is 1. The molecule has 25 heteroatoms. The van der Waals surface area contributed by atoms with Crippen molar-refractivity contribution in [3.05, 3.63) is 126 Å². The molecular weight excluding hydrogens is 1020 g/mol. The molecule has 2 aromatic carbocycles. The summed E-state index contributed by atoms with van der Waals surface area (Å²) in [5.41, 5.74) is 6.53. The van der Waals surface area contributed by atoms with Gasteiger partial charge in [-0.1, -0.05) is 51.1 Å². The number of nitrogens with zero attached hydrogens (tertiary/aromatic N) is 4. The lowest BCUT2D eigenvalue weighted by atomic mass is 9.82. The number of nitrogens with two attached hydrogens (primary N) is 1. The van der Waals surface area contributed by atoms with Crippen molar-refractivity contribution >= 4 is 59.1 Å². The maximum absolute atomic E-state index is 15.4. The number of aliphatic hydroxyl groups excluding tert-OH is 2. The van der Waals surface area contributed by atoms with Gasteiger partial charge in [0.25, 0.3) is 11.8 Å².